The fraction of sp³-hybridized carbons (Fsp3) is 0.400. The minimum absolute atomic E-state index is 0.0271. The van der Waals surface area contributed by atoms with Crippen molar-refractivity contribution in [2.24, 2.45) is 0 Å². The lowest BCUT2D eigenvalue weighted by Crippen LogP contribution is -2.50. The Morgan fingerprint density at radius 2 is 1.38 bits per heavy atom. The fourth-order valence-electron chi connectivity index (χ4n) is 2.25. The second-order valence-corrected chi connectivity index (χ2v) is 4.88. The third-order valence-electron chi connectivity index (χ3n) is 3.54. The molecule has 0 unspecified atom stereocenters. The lowest BCUT2D eigenvalue weighted by Gasteiger charge is -2.33. The number of piperazine rings is 1. The van der Waals surface area contributed by atoms with Crippen molar-refractivity contribution in [3.8, 4) is 0 Å². The maximum absolute atomic E-state index is 12.3. The minimum atomic E-state index is -0.368. The highest BCUT2D eigenvalue weighted by Crippen LogP contribution is 2.11. The molecule has 6 nitrogen and oxygen atoms in total. The van der Waals surface area contributed by atoms with Crippen LogP contribution in [0.4, 0.5) is 4.79 Å². The first kappa shape index (κ1) is 15.0. The largest absolute Gasteiger partial charge is 0.453 e. The molecule has 0 radical (unpaired) electrons. The van der Waals surface area contributed by atoms with Gasteiger partial charge in [-0.3, -0.25) is 9.59 Å². The number of methoxy groups -OCH3 is 1. The van der Waals surface area contributed by atoms with Gasteiger partial charge in [0.2, 0.25) is 0 Å². The van der Waals surface area contributed by atoms with Gasteiger partial charge in [-0.15, -0.1) is 0 Å². The second-order valence-electron chi connectivity index (χ2n) is 4.88. The number of hydrogen-bond acceptors (Lipinski definition) is 4. The Morgan fingerprint density at radius 3 is 1.86 bits per heavy atom. The van der Waals surface area contributed by atoms with Crippen LogP contribution >= 0.6 is 0 Å². The Kier molecular flexibility index (Phi) is 4.57. The summed E-state index contributed by atoms with van der Waals surface area (Å²) in [4.78, 5) is 38.2. The van der Waals surface area contributed by atoms with E-state index in [1.165, 1.54) is 14.0 Å². The molecule has 1 aromatic carbocycles. The molecule has 2 amide bonds. The number of benzene rings is 1. The summed E-state index contributed by atoms with van der Waals surface area (Å²) in [6.07, 6.45) is -0.368. The molecular formula is C15H18N2O4. The topological polar surface area (TPSA) is 66.9 Å². The van der Waals surface area contributed by atoms with Crippen molar-refractivity contribution in [3.05, 3.63) is 35.4 Å². The molecule has 0 atom stereocenters. The molecule has 1 aromatic rings. The molecule has 6 heteroatoms. The number of nitrogens with zero attached hydrogens (tertiary/aromatic N) is 2. The number of amides is 2. The smallest absolute Gasteiger partial charge is 0.409 e. The van der Waals surface area contributed by atoms with Gasteiger partial charge in [0, 0.05) is 37.3 Å². The molecule has 112 valence electrons. The van der Waals surface area contributed by atoms with Gasteiger partial charge in [0.25, 0.3) is 5.91 Å². The van der Waals surface area contributed by atoms with Crippen LogP contribution in [0.25, 0.3) is 0 Å². The van der Waals surface area contributed by atoms with Crippen molar-refractivity contribution < 1.29 is 19.1 Å². The first-order valence-electron chi connectivity index (χ1n) is 6.76. The van der Waals surface area contributed by atoms with Gasteiger partial charge in [0.05, 0.1) is 7.11 Å². The summed E-state index contributed by atoms with van der Waals surface area (Å²) in [5.74, 6) is -0.115. The molecule has 0 aromatic heterocycles. The maximum Gasteiger partial charge on any atom is 0.409 e. The molecule has 21 heavy (non-hydrogen) atoms. The van der Waals surface area contributed by atoms with Crippen molar-refractivity contribution in [1.29, 1.82) is 0 Å². The summed E-state index contributed by atoms with van der Waals surface area (Å²) in [5.41, 5.74) is 1.13. The Balaban J connectivity index is 1.98. The monoisotopic (exact) mass is 290 g/mol. The number of hydrogen-bond donors (Lipinski definition) is 0. The normalized spacial score (nSPS) is 14.8. The molecule has 1 fully saturated rings. The van der Waals surface area contributed by atoms with Crippen LogP contribution in [0.2, 0.25) is 0 Å². The van der Waals surface area contributed by atoms with E-state index >= 15 is 0 Å². The number of carbonyl (C=O) groups is 3. The van der Waals surface area contributed by atoms with E-state index in [-0.39, 0.29) is 17.8 Å². The zero-order valence-corrected chi connectivity index (χ0v) is 12.2. The zero-order valence-electron chi connectivity index (χ0n) is 12.2. The average Bonchev–Trinajstić information content (AvgIpc) is 2.53. The highest BCUT2D eigenvalue weighted by Gasteiger charge is 2.25. The predicted octanol–water partition coefficient (Wildman–Crippen LogP) is 1.41. The molecule has 1 aliphatic heterocycles. The summed E-state index contributed by atoms with van der Waals surface area (Å²) in [5, 5.41) is 0. The standard InChI is InChI=1S/C15H18N2O4/c1-11(18)12-3-5-13(6-4-12)14(19)16-7-9-17(10-8-16)15(20)21-2/h3-6H,7-10H2,1-2H3. The van der Waals surface area contributed by atoms with Gasteiger partial charge in [-0.2, -0.15) is 0 Å². The number of carbonyl (C=O) groups excluding carboxylic acids is 3. The van der Waals surface area contributed by atoms with Crippen molar-refractivity contribution in [3.63, 3.8) is 0 Å². The number of ketones is 1. The molecule has 0 N–H and O–H groups in total. The molecule has 1 heterocycles. The number of rotatable bonds is 2. The lowest BCUT2D eigenvalue weighted by atomic mass is 10.1. The van der Waals surface area contributed by atoms with Crippen molar-refractivity contribution in [2.45, 2.75) is 6.92 Å². The molecule has 0 saturated carbocycles. The van der Waals surface area contributed by atoms with Crippen LogP contribution in [-0.2, 0) is 4.74 Å². The Labute approximate surface area is 123 Å². The zero-order chi connectivity index (χ0) is 15.4. The van der Waals surface area contributed by atoms with E-state index in [1.807, 2.05) is 0 Å². The molecular weight excluding hydrogens is 272 g/mol. The first-order chi connectivity index (χ1) is 10.0. The van der Waals surface area contributed by atoms with Crippen LogP contribution in [-0.4, -0.2) is 60.9 Å². The number of ether oxygens (including phenoxy) is 1. The summed E-state index contributed by atoms with van der Waals surface area (Å²) >= 11 is 0. The Bertz CT molecular complexity index is 545. The van der Waals surface area contributed by atoms with Crippen LogP contribution < -0.4 is 0 Å². The summed E-state index contributed by atoms with van der Waals surface area (Å²) in [6, 6.07) is 6.62. The third kappa shape index (κ3) is 3.39. The van der Waals surface area contributed by atoms with E-state index in [2.05, 4.69) is 4.74 Å². The molecule has 0 spiro atoms. The van der Waals surface area contributed by atoms with E-state index in [9.17, 15) is 14.4 Å². The fourth-order valence-corrected chi connectivity index (χ4v) is 2.25. The van der Waals surface area contributed by atoms with E-state index in [0.717, 1.165) is 0 Å². The minimum Gasteiger partial charge on any atom is -0.453 e. The summed E-state index contributed by atoms with van der Waals surface area (Å²) in [7, 11) is 1.34. The number of Topliss-reactive ketones (excluding diaryl/α,β-unsaturated/α-hetero) is 1. The van der Waals surface area contributed by atoms with Crippen LogP contribution in [0.5, 0.6) is 0 Å². The lowest BCUT2D eigenvalue weighted by molar-refractivity contribution is 0.0599. The van der Waals surface area contributed by atoms with E-state index < -0.39 is 0 Å². The van der Waals surface area contributed by atoms with Crippen LogP contribution in [0, 0.1) is 0 Å². The molecule has 1 saturated heterocycles. The van der Waals surface area contributed by atoms with Crippen molar-refractivity contribution >= 4 is 17.8 Å². The van der Waals surface area contributed by atoms with Gasteiger partial charge in [-0.05, 0) is 19.1 Å². The predicted molar refractivity (Wildman–Crippen MR) is 76.3 cm³/mol. The highest BCUT2D eigenvalue weighted by molar-refractivity contribution is 5.97. The van der Waals surface area contributed by atoms with E-state index in [4.69, 9.17) is 0 Å². The van der Waals surface area contributed by atoms with Gasteiger partial charge in [0.1, 0.15) is 0 Å². The van der Waals surface area contributed by atoms with Gasteiger partial charge >= 0.3 is 6.09 Å². The first-order valence-corrected chi connectivity index (χ1v) is 6.76. The van der Waals surface area contributed by atoms with Gasteiger partial charge in [-0.25, -0.2) is 4.79 Å². The Hall–Kier alpha value is -2.37. The Morgan fingerprint density at radius 1 is 0.905 bits per heavy atom. The van der Waals surface area contributed by atoms with Gasteiger partial charge in [-0.1, -0.05) is 12.1 Å². The second kappa shape index (κ2) is 6.39. The summed E-state index contributed by atoms with van der Waals surface area (Å²) in [6.45, 7) is 3.36. The van der Waals surface area contributed by atoms with Crippen LogP contribution in [0.15, 0.2) is 24.3 Å². The van der Waals surface area contributed by atoms with E-state index in [0.29, 0.717) is 37.3 Å². The molecule has 1 aliphatic rings. The maximum atomic E-state index is 12.3. The van der Waals surface area contributed by atoms with Crippen molar-refractivity contribution in [2.75, 3.05) is 33.3 Å². The van der Waals surface area contributed by atoms with Gasteiger partial charge in [0.15, 0.2) is 5.78 Å². The average molecular weight is 290 g/mol. The van der Waals surface area contributed by atoms with E-state index in [1.54, 1.807) is 34.1 Å². The quantitative estimate of drug-likeness (QED) is 0.772. The SMILES string of the molecule is COC(=O)N1CCN(C(=O)c2ccc(C(C)=O)cc2)CC1. The third-order valence-corrected chi connectivity index (χ3v) is 3.54. The summed E-state index contributed by atoms with van der Waals surface area (Å²) < 4.78 is 4.66. The van der Waals surface area contributed by atoms with Crippen LogP contribution in [0.3, 0.4) is 0 Å². The highest BCUT2D eigenvalue weighted by atomic mass is 16.5. The van der Waals surface area contributed by atoms with Crippen LogP contribution in [0.1, 0.15) is 27.6 Å². The van der Waals surface area contributed by atoms with Crippen molar-refractivity contribution in [1.82, 2.24) is 9.80 Å². The molecule has 2 rings (SSSR count). The molecule has 0 aliphatic carbocycles. The molecule has 0 bridgehead atoms. The van der Waals surface area contributed by atoms with Gasteiger partial charge < -0.3 is 14.5 Å².